The molecule has 9 nitrogen and oxygen atoms in total. The molecule has 5 heterocycles. The van der Waals surface area contributed by atoms with E-state index in [4.69, 9.17) is 24.9 Å². The summed E-state index contributed by atoms with van der Waals surface area (Å²) in [5.41, 5.74) is 3.57. The Morgan fingerprint density at radius 1 is 1.15 bits per heavy atom. The van der Waals surface area contributed by atoms with Gasteiger partial charge < -0.3 is 19.6 Å². The number of fused-ring (bicyclic) bond motifs is 3. The van der Waals surface area contributed by atoms with Gasteiger partial charge in [0.1, 0.15) is 18.2 Å². The minimum atomic E-state index is -0.416. The zero-order valence-corrected chi connectivity index (χ0v) is 19.6. The fraction of sp³-hybridized carbons (Fsp3) is 0.520. The molecule has 0 unspecified atom stereocenters. The zero-order valence-electron chi connectivity index (χ0n) is 19.6. The number of carbonyl (C=O) groups excluding carboxylic acids is 1. The lowest BCUT2D eigenvalue weighted by Crippen LogP contribution is -2.39. The summed E-state index contributed by atoms with van der Waals surface area (Å²) in [4.78, 5) is 25.4. The Morgan fingerprint density at radius 2 is 1.94 bits per heavy atom. The van der Waals surface area contributed by atoms with E-state index in [2.05, 4.69) is 24.0 Å². The molecular weight excluding hydrogens is 432 g/mol. The molecule has 1 aromatic carbocycles. The molecular formula is C25H30N6O3. The molecule has 2 bridgehead atoms. The maximum absolute atomic E-state index is 11.9. The van der Waals surface area contributed by atoms with Gasteiger partial charge in [0.25, 0.3) is 0 Å². The first kappa shape index (κ1) is 21.5. The highest BCUT2D eigenvalue weighted by molar-refractivity contribution is 5.82. The first-order chi connectivity index (χ1) is 16.5. The summed E-state index contributed by atoms with van der Waals surface area (Å²) in [6.07, 6.45) is 5.05. The number of amides is 1. The minimum absolute atomic E-state index is 0.184. The molecule has 2 aromatic heterocycles. The highest BCUT2D eigenvalue weighted by Gasteiger charge is 2.40. The Bertz CT molecular complexity index is 1250. The van der Waals surface area contributed by atoms with Gasteiger partial charge in [0.15, 0.2) is 5.82 Å². The number of rotatable bonds is 4. The van der Waals surface area contributed by atoms with Crippen LogP contribution in [-0.4, -0.2) is 80.7 Å². The van der Waals surface area contributed by atoms with Crippen LogP contribution in [0.5, 0.6) is 0 Å². The van der Waals surface area contributed by atoms with Crippen molar-refractivity contribution in [1.29, 1.82) is 0 Å². The van der Waals surface area contributed by atoms with E-state index in [0.717, 1.165) is 60.8 Å². The Kier molecular flexibility index (Phi) is 5.26. The summed E-state index contributed by atoms with van der Waals surface area (Å²) >= 11 is 0. The summed E-state index contributed by atoms with van der Waals surface area (Å²) in [5.74, 6) is 2.64. The van der Waals surface area contributed by atoms with Crippen LogP contribution in [0.1, 0.15) is 42.1 Å². The Labute approximate surface area is 198 Å². The van der Waals surface area contributed by atoms with Crippen molar-refractivity contribution in [2.24, 2.45) is 0 Å². The molecule has 3 fully saturated rings. The van der Waals surface area contributed by atoms with E-state index in [9.17, 15) is 4.79 Å². The molecule has 9 heteroatoms. The van der Waals surface area contributed by atoms with Gasteiger partial charge in [-0.3, -0.25) is 4.79 Å². The topological polar surface area (TPSA) is 96.6 Å². The second kappa shape index (κ2) is 8.32. The van der Waals surface area contributed by atoms with Crippen molar-refractivity contribution in [3.8, 4) is 5.82 Å². The van der Waals surface area contributed by atoms with Crippen LogP contribution in [0, 0.1) is 13.8 Å². The summed E-state index contributed by atoms with van der Waals surface area (Å²) < 4.78 is 7.69. The van der Waals surface area contributed by atoms with E-state index < -0.39 is 6.61 Å². The third-order valence-corrected chi connectivity index (χ3v) is 7.60. The molecule has 3 aliphatic rings. The van der Waals surface area contributed by atoms with E-state index in [0.29, 0.717) is 31.2 Å². The normalized spacial score (nSPS) is 22.8. The van der Waals surface area contributed by atoms with E-state index in [1.54, 1.807) is 4.90 Å². The second-order valence-corrected chi connectivity index (χ2v) is 9.77. The van der Waals surface area contributed by atoms with Gasteiger partial charge in [0, 0.05) is 31.1 Å². The number of nitrogens with zero attached hydrogens (tertiary/aromatic N) is 6. The van der Waals surface area contributed by atoms with E-state index in [1.165, 1.54) is 11.1 Å². The number of ether oxygens (including phenoxy) is 1. The molecule has 178 valence electrons. The fourth-order valence-electron chi connectivity index (χ4n) is 5.84. The summed E-state index contributed by atoms with van der Waals surface area (Å²) in [7, 11) is 0. The lowest BCUT2D eigenvalue weighted by molar-refractivity contribution is -0.135. The number of anilines is 1. The molecule has 6 rings (SSSR count). The van der Waals surface area contributed by atoms with E-state index >= 15 is 0 Å². The highest BCUT2D eigenvalue weighted by Crippen LogP contribution is 2.35. The number of carbonyl (C=O) groups is 1. The number of piperidine rings is 1. The third kappa shape index (κ3) is 3.63. The van der Waals surface area contributed by atoms with Crippen LogP contribution in [-0.2, 0) is 9.53 Å². The van der Waals surface area contributed by atoms with Gasteiger partial charge in [-0.2, -0.15) is 5.10 Å². The fourth-order valence-corrected chi connectivity index (χ4v) is 5.84. The Hall–Kier alpha value is -3.04. The molecule has 3 saturated heterocycles. The molecule has 0 saturated carbocycles. The van der Waals surface area contributed by atoms with Crippen LogP contribution in [0.15, 0.2) is 24.4 Å². The van der Waals surface area contributed by atoms with Crippen LogP contribution >= 0.6 is 0 Å². The predicted octanol–water partition coefficient (Wildman–Crippen LogP) is 2.11. The number of benzene rings is 1. The largest absolute Gasteiger partial charge is 0.387 e. The average molecular weight is 463 g/mol. The average Bonchev–Trinajstić information content (AvgIpc) is 3.58. The van der Waals surface area contributed by atoms with Crippen LogP contribution in [0.25, 0.3) is 16.7 Å². The highest BCUT2D eigenvalue weighted by atomic mass is 16.5. The lowest BCUT2D eigenvalue weighted by Gasteiger charge is -2.32. The standard InChI is InChI=1S/C25H30N6O3/c1-15-7-18-11-26-31(22(18)9-21(15)17-3-5-29(6-4-17)25(33)13-32)24-10-23(27-16(2)28-24)30-12-20-8-19(30)14-34-20/h7,9-11,17,19-20,32H,3-6,8,12-14H2,1-2H3/t19-,20-/m0/s1. The molecule has 0 radical (unpaired) electrons. The molecule has 0 spiro atoms. The van der Waals surface area contributed by atoms with Crippen molar-refractivity contribution in [2.75, 3.05) is 37.7 Å². The van der Waals surface area contributed by atoms with Crippen molar-refractivity contribution >= 4 is 22.6 Å². The maximum atomic E-state index is 11.9. The zero-order chi connectivity index (χ0) is 23.4. The first-order valence-electron chi connectivity index (χ1n) is 12.1. The van der Waals surface area contributed by atoms with Crippen LogP contribution in [0.4, 0.5) is 5.82 Å². The van der Waals surface area contributed by atoms with Crippen molar-refractivity contribution < 1.29 is 14.6 Å². The number of likely N-dealkylation sites (tertiary alicyclic amines) is 1. The van der Waals surface area contributed by atoms with Crippen molar-refractivity contribution in [3.63, 3.8) is 0 Å². The number of hydrogen-bond acceptors (Lipinski definition) is 7. The third-order valence-electron chi connectivity index (χ3n) is 7.60. The molecule has 3 aliphatic heterocycles. The number of morpholine rings is 1. The molecule has 0 aliphatic carbocycles. The molecule has 2 atom stereocenters. The number of hydrogen-bond donors (Lipinski definition) is 1. The van der Waals surface area contributed by atoms with Crippen molar-refractivity contribution in [2.45, 2.75) is 51.2 Å². The van der Waals surface area contributed by atoms with Crippen molar-refractivity contribution in [1.82, 2.24) is 24.6 Å². The quantitative estimate of drug-likeness (QED) is 0.634. The van der Waals surface area contributed by atoms with E-state index in [1.807, 2.05) is 23.9 Å². The van der Waals surface area contributed by atoms with Gasteiger partial charge in [-0.05, 0) is 62.3 Å². The van der Waals surface area contributed by atoms with Gasteiger partial charge in [-0.25, -0.2) is 14.6 Å². The van der Waals surface area contributed by atoms with Gasteiger partial charge in [0.2, 0.25) is 5.91 Å². The van der Waals surface area contributed by atoms with Crippen molar-refractivity contribution in [3.05, 3.63) is 41.3 Å². The Balaban J connectivity index is 1.33. The number of aryl methyl sites for hydroxylation is 2. The van der Waals surface area contributed by atoms with Crippen LogP contribution in [0.2, 0.25) is 0 Å². The number of aliphatic hydroxyl groups is 1. The molecule has 3 aromatic rings. The predicted molar refractivity (Wildman–Crippen MR) is 127 cm³/mol. The SMILES string of the molecule is Cc1nc(N2C[C@@H]3C[C@H]2CO3)cc(-n2ncc3cc(C)c(C4CCN(C(=O)CO)CC4)cc32)n1. The summed E-state index contributed by atoms with van der Waals surface area (Å²) in [6.45, 7) is 6.66. The van der Waals surface area contributed by atoms with Gasteiger partial charge in [0.05, 0.1) is 30.5 Å². The lowest BCUT2D eigenvalue weighted by atomic mass is 9.86. The van der Waals surface area contributed by atoms with Gasteiger partial charge >= 0.3 is 0 Å². The Morgan fingerprint density at radius 3 is 2.65 bits per heavy atom. The van der Waals surface area contributed by atoms with E-state index in [-0.39, 0.29) is 5.91 Å². The van der Waals surface area contributed by atoms with Gasteiger partial charge in [-0.15, -0.1) is 0 Å². The molecule has 1 amide bonds. The smallest absolute Gasteiger partial charge is 0.248 e. The van der Waals surface area contributed by atoms with Crippen LogP contribution < -0.4 is 4.90 Å². The monoisotopic (exact) mass is 462 g/mol. The summed E-state index contributed by atoms with van der Waals surface area (Å²) in [5, 5.41) is 14.9. The molecule has 1 N–H and O–H groups in total. The second-order valence-electron chi connectivity index (χ2n) is 9.77. The summed E-state index contributed by atoms with van der Waals surface area (Å²) in [6, 6.07) is 6.87. The van der Waals surface area contributed by atoms with Crippen LogP contribution in [0.3, 0.4) is 0 Å². The van der Waals surface area contributed by atoms with Gasteiger partial charge in [-0.1, -0.05) is 0 Å². The number of aliphatic hydroxyl groups excluding tert-OH is 1. The minimum Gasteiger partial charge on any atom is -0.387 e. The maximum Gasteiger partial charge on any atom is 0.248 e. The first-order valence-corrected chi connectivity index (χ1v) is 12.1. The molecule has 34 heavy (non-hydrogen) atoms. The number of aromatic nitrogens is 4.